The summed E-state index contributed by atoms with van der Waals surface area (Å²) >= 11 is 0. The molecule has 7 nitrogen and oxygen atoms in total. The number of aliphatic imine (C=N–C) groups is 1. The number of rotatable bonds is 8. The summed E-state index contributed by atoms with van der Waals surface area (Å²) in [5.41, 5.74) is 1.20. The standard InChI is InChI=1S/C18H27N5O2/c1-5-19-18(20-12-11-17-21-14(3)22-25-17)23(4)13-15-7-9-16(10-8-15)24-6-2/h7-10H,5-6,11-13H2,1-4H3,(H,19,20). The molecule has 1 aromatic heterocycles. The molecule has 0 saturated carbocycles. The molecular formula is C18H27N5O2. The highest BCUT2D eigenvalue weighted by Crippen LogP contribution is 2.13. The van der Waals surface area contributed by atoms with Gasteiger partial charge in [-0.2, -0.15) is 4.98 Å². The summed E-state index contributed by atoms with van der Waals surface area (Å²) in [6.07, 6.45) is 0.632. The fraction of sp³-hybridized carbons (Fsp3) is 0.500. The Morgan fingerprint density at radius 3 is 2.64 bits per heavy atom. The van der Waals surface area contributed by atoms with E-state index in [9.17, 15) is 0 Å². The molecule has 0 aliphatic rings. The fourth-order valence-corrected chi connectivity index (χ4v) is 2.38. The Hall–Kier alpha value is -2.57. The van der Waals surface area contributed by atoms with Gasteiger partial charge in [-0.25, -0.2) is 0 Å². The molecule has 0 bridgehead atoms. The third-order valence-electron chi connectivity index (χ3n) is 3.51. The third kappa shape index (κ3) is 6.10. The molecule has 0 amide bonds. The average Bonchev–Trinajstić information content (AvgIpc) is 3.01. The first-order valence-corrected chi connectivity index (χ1v) is 8.62. The van der Waals surface area contributed by atoms with Crippen LogP contribution in [0.5, 0.6) is 5.75 Å². The normalized spacial score (nSPS) is 11.4. The van der Waals surface area contributed by atoms with Gasteiger partial charge in [-0.3, -0.25) is 4.99 Å². The van der Waals surface area contributed by atoms with Gasteiger partial charge in [-0.1, -0.05) is 17.3 Å². The monoisotopic (exact) mass is 345 g/mol. The van der Waals surface area contributed by atoms with E-state index >= 15 is 0 Å². The zero-order valence-electron chi connectivity index (χ0n) is 15.5. The number of aromatic nitrogens is 2. The van der Waals surface area contributed by atoms with Crippen LogP contribution in [0.25, 0.3) is 0 Å². The molecule has 0 radical (unpaired) electrons. The van der Waals surface area contributed by atoms with Gasteiger partial charge in [0.25, 0.3) is 0 Å². The molecule has 1 heterocycles. The zero-order valence-corrected chi connectivity index (χ0v) is 15.5. The van der Waals surface area contributed by atoms with Crippen molar-refractivity contribution in [3.8, 4) is 5.75 Å². The molecule has 0 aliphatic carbocycles. The molecule has 2 rings (SSSR count). The van der Waals surface area contributed by atoms with Crippen molar-refractivity contribution < 1.29 is 9.26 Å². The van der Waals surface area contributed by atoms with Crippen LogP contribution in [-0.2, 0) is 13.0 Å². The summed E-state index contributed by atoms with van der Waals surface area (Å²) in [6.45, 7) is 8.70. The first-order chi connectivity index (χ1) is 12.1. The van der Waals surface area contributed by atoms with Gasteiger partial charge in [0.05, 0.1) is 13.2 Å². The van der Waals surface area contributed by atoms with E-state index in [0.29, 0.717) is 31.3 Å². The minimum absolute atomic E-state index is 0.595. The van der Waals surface area contributed by atoms with Crippen LogP contribution in [0.2, 0.25) is 0 Å². The van der Waals surface area contributed by atoms with Crippen LogP contribution in [0.15, 0.2) is 33.8 Å². The number of ether oxygens (including phenoxy) is 1. The second-order valence-electron chi connectivity index (χ2n) is 5.65. The predicted molar refractivity (Wildman–Crippen MR) is 97.8 cm³/mol. The maximum atomic E-state index is 5.48. The molecule has 0 spiro atoms. The van der Waals surface area contributed by atoms with Crippen LogP contribution >= 0.6 is 0 Å². The second-order valence-corrected chi connectivity index (χ2v) is 5.65. The lowest BCUT2D eigenvalue weighted by Gasteiger charge is -2.22. The van der Waals surface area contributed by atoms with Crippen molar-refractivity contribution in [3.63, 3.8) is 0 Å². The van der Waals surface area contributed by atoms with Gasteiger partial charge in [-0.15, -0.1) is 0 Å². The van der Waals surface area contributed by atoms with Gasteiger partial charge >= 0.3 is 0 Å². The van der Waals surface area contributed by atoms with Gasteiger partial charge in [0.15, 0.2) is 11.8 Å². The van der Waals surface area contributed by atoms with Crippen LogP contribution in [-0.4, -0.2) is 47.7 Å². The Morgan fingerprint density at radius 1 is 1.28 bits per heavy atom. The minimum atomic E-state index is 0.595. The topological polar surface area (TPSA) is 75.8 Å². The van der Waals surface area contributed by atoms with Crippen molar-refractivity contribution in [1.82, 2.24) is 20.4 Å². The lowest BCUT2D eigenvalue weighted by molar-refractivity contribution is 0.340. The minimum Gasteiger partial charge on any atom is -0.494 e. The van der Waals surface area contributed by atoms with Gasteiger partial charge in [-0.05, 0) is 38.5 Å². The maximum Gasteiger partial charge on any atom is 0.228 e. The first-order valence-electron chi connectivity index (χ1n) is 8.62. The maximum absolute atomic E-state index is 5.48. The van der Waals surface area contributed by atoms with E-state index in [-0.39, 0.29) is 0 Å². The summed E-state index contributed by atoms with van der Waals surface area (Å²) < 4.78 is 10.6. The van der Waals surface area contributed by atoms with Crippen molar-refractivity contribution in [3.05, 3.63) is 41.5 Å². The Morgan fingerprint density at radius 2 is 2.04 bits per heavy atom. The van der Waals surface area contributed by atoms with Crippen molar-refractivity contribution in [2.75, 3.05) is 26.7 Å². The van der Waals surface area contributed by atoms with E-state index in [0.717, 1.165) is 24.8 Å². The molecule has 0 aliphatic heterocycles. The van der Waals surface area contributed by atoms with E-state index in [4.69, 9.17) is 9.26 Å². The zero-order chi connectivity index (χ0) is 18.1. The molecular weight excluding hydrogens is 318 g/mol. The van der Waals surface area contributed by atoms with Gasteiger partial charge in [0, 0.05) is 26.6 Å². The number of benzene rings is 1. The highest BCUT2D eigenvalue weighted by Gasteiger charge is 2.08. The Labute approximate surface area is 149 Å². The van der Waals surface area contributed by atoms with E-state index in [1.807, 2.05) is 33.0 Å². The molecule has 2 aromatic rings. The molecule has 0 saturated heterocycles. The largest absolute Gasteiger partial charge is 0.494 e. The summed E-state index contributed by atoms with van der Waals surface area (Å²) in [5.74, 6) is 3.02. The molecule has 25 heavy (non-hydrogen) atoms. The molecule has 0 fully saturated rings. The molecule has 0 unspecified atom stereocenters. The molecule has 1 aromatic carbocycles. The van der Waals surface area contributed by atoms with E-state index < -0.39 is 0 Å². The fourth-order valence-electron chi connectivity index (χ4n) is 2.38. The van der Waals surface area contributed by atoms with Crippen LogP contribution in [0.4, 0.5) is 0 Å². The lowest BCUT2D eigenvalue weighted by Crippen LogP contribution is -2.38. The number of guanidine groups is 1. The smallest absolute Gasteiger partial charge is 0.228 e. The number of nitrogens with zero attached hydrogens (tertiary/aromatic N) is 4. The number of nitrogens with one attached hydrogen (secondary N) is 1. The Bertz CT molecular complexity index is 666. The predicted octanol–water partition coefficient (Wildman–Crippen LogP) is 2.42. The van der Waals surface area contributed by atoms with Crippen molar-refractivity contribution in [2.24, 2.45) is 4.99 Å². The number of hydrogen-bond donors (Lipinski definition) is 1. The van der Waals surface area contributed by atoms with Gasteiger partial charge in [0.1, 0.15) is 5.75 Å². The molecule has 0 atom stereocenters. The van der Waals surface area contributed by atoms with Crippen molar-refractivity contribution in [2.45, 2.75) is 33.7 Å². The van der Waals surface area contributed by atoms with Crippen LogP contribution in [0.3, 0.4) is 0 Å². The first kappa shape index (κ1) is 18.8. The molecule has 7 heteroatoms. The van der Waals surface area contributed by atoms with E-state index in [1.54, 1.807) is 0 Å². The quantitative estimate of drug-likeness (QED) is 0.585. The van der Waals surface area contributed by atoms with Crippen LogP contribution in [0.1, 0.15) is 31.1 Å². The van der Waals surface area contributed by atoms with Crippen LogP contribution in [0, 0.1) is 6.92 Å². The van der Waals surface area contributed by atoms with Crippen LogP contribution < -0.4 is 10.1 Å². The molecule has 1 N–H and O–H groups in total. The number of hydrogen-bond acceptors (Lipinski definition) is 5. The summed E-state index contributed by atoms with van der Waals surface area (Å²) in [5, 5.41) is 7.10. The summed E-state index contributed by atoms with van der Waals surface area (Å²) in [4.78, 5) is 10.9. The highest BCUT2D eigenvalue weighted by molar-refractivity contribution is 5.79. The Balaban J connectivity index is 1.93. The van der Waals surface area contributed by atoms with E-state index in [2.05, 4.69) is 44.4 Å². The SMILES string of the molecule is CCNC(=NCCc1nc(C)no1)N(C)Cc1ccc(OCC)cc1. The number of aryl methyl sites for hydroxylation is 1. The van der Waals surface area contributed by atoms with Crippen molar-refractivity contribution >= 4 is 5.96 Å². The summed E-state index contributed by atoms with van der Waals surface area (Å²) in [6, 6.07) is 8.14. The Kier molecular flexibility index (Phi) is 7.25. The lowest BCUT2D eigenvalue weighted by atomic mass is 10.2. The molecule has 136 valence electrons. The second kappa shape index (κ2) is 9.66. The summed E-state index contributed by atoms with van der Waals surface area (Å²) in [7, 11) is 2.02. The third-order valence-corrected chi connectivity index (χ3v) is 3.51. The van der Waals surface area contributed by atoms with Crippen molar-refractivity contribution in [1.29, 1.82) is 0 Å². The highest BCUT2D eigenvalue weighted by atomic mass is 16.5. The average molecular weight is 345 g/mol. The van der Waals surface area contributed by atoms with Gasteiger partial charge in [0.2, 0.25) is 5.89 Å². The van der Waals surface area contributed by atoms with E-state index in [1.165, 1.54) is 5.56 Å². The van der Waals surface area contributed by atoms with Gasteiger partial charge < -0.3 is 19.5 Å².